The largest absolute Gasteiger partial charge is 0.378 e. The average molecular weight is 291 g/mol. The SMILES string of the molecule is CC.CC(C)OCC1(CN2CC(C)C(F)(P)C2)CC1. The third-order valence-corrected chi connectivity index (χ3v) is 4.81. The van der Waals surface area contributed by atoms with E-state index in [4.69, 9.17) is 4.74 Å². The molecule has 1 heterocycles. The first-order valence-corrected chi connectivity index (χ1v) is 8.22. The van der Waals surface area contributed by atoms with Gasteiger partial charge in [-0.25, -0.2) is 4.39 Å². The number of likely N-dealkylation sites (tertiary alicyclic amines) is 1. The Morgan fingerprint density at radius 2 is 1.95 bits per heavy atom. The minimum Gasteiger partial charge on any atom is -0.378 e. The highest BCUT2D eigenvalue weighted by Crippen LogP contribution is 2.48. The van der Waals surface area contributed by atoms with Crippen LogP contribution in [0, 0.1) is 11.3 Å². The lowest BCUT2D eigenvalue weighted by Crippen LogP contribution is -2.33. The van der Waals surface area contributed by atoms with Crippen LogP contribution in [0.15, 0.2) is 0 Å². The fraction of sp³-hybridized carbons (Fsp3) is 1.00. The first-order valence-electron chi connectivity index (χ1n) is 7.65. The van der Waals surface area contributed by atoms with E-state index in [2.05, 4.69) is 28.0 Å². The second-order valence-corrected chi connectivity index (χ2v) is 7.32. The number of alkyl halides is 1. The maximum Gasteiger partial charge on any atom is 0.140 e. The molecule has 19 heavy (non-hydrogen) atoms. The molecule has 1 aliphatic heterocycles. The molecule has 4 heteroatoms. The number of hydrogen-bond donors (Lipinski definition) is 0. The molecule has 0 aromatic rings. The van der Waals surface area contributed by atoms with Crippen LogP contribution in [0.3, 0.4) is 0 Å². The molecule has 0 spiro atoms. The minimum atomic E-state index is -1.09. The van der Waals surface area contributed by atoms with Crippen molar-refractivity contribution < 1.29 is 9.13 Å². The van der Waals surface area contributed by atoms with Crippen LogP contribution in [0.25, 0.3) is 0 Å². The maximum atomic E-state index is 14.1. The van der Waals surface area contributed by atoms with Gasteiger partial charge in [-0.1, -0.05) is 30.0 Å². The Morgan fingerprint density at radius 3 is 2.32 bits per heavy atom. The van der Waals surface area contributed by atoms with E-state index < -0.39 is 5.41 Å². The fourth-order valence-corrected chi connectivity index (χ4v) is 2.93. The van der Waals surface area contributed by atoms with Crippen LogP contribution in [0.5, 0.6) is 0 Å². The first kappa shape index (κ1) is 17.3. The van der Waals surface area contributed by atoms with Gasteiger partial charge in [-0.05, 0) is 26.7 Å². The van der Waals surface area contributed by atoms with Gasteiger partial charge in [-0.2, -0.15) is 0 Å². The number of halogens is 1. The second kappa shape index (κ2) is 6.83. The van der Waals surface area contributed by atoms with Crippen molar-refractivity contribution in [2.24, 2.45) is 11.3 Å². The van der Waals surface area contributed by atoms with Crippen LogP contribution in [-0.2, 0) is 4.74 Å². The van der Waals surface area contributed by atoms with Gasteiger partial charge in [0, 0.05) is 31.0 Å². The summed E-state index contributed by atoms with van der Waals surface area (Å²) in [6.45, 7) is 13.4. The van der Waals surface area contributed by atoms with E-state index in [1.807, 2.05) is 20.8 Å². The van der Waals surface area contributed by atoms with Gasteiger partial charge in [0.1, 0.15) is 5.41 Å². The molecule has 2 fully saturated rings. The Kier molecular flexibility index (Phi) is 6.23. The van der Waals surface area contributed by atoms with Gasteiger partial charge in [-0.15, -0.1) is 0 Å². The van der Waals surface area contributed by atoms with E-state index in [0.717, 1.165) is 19.7 Å². The Balaban J connectivity index is 0.000000861. The standard InChI is InChI=1S/C13H25FNOP.C2H6/c1-10(2)16-9-12(4-5-12)7-15-6-11(3)13(14,17)8-15;1-2/h10-11H,4-9,17H2,1-3H3;1-2H3. The molecular weight excluding hydrogens is 260 g/mol. The number of nitrogens with zero attached hydrogens (tertiary/aromatic N) is 1. The lowest BCUT2D eigenvalue weighted by atomic mass is 10.1. The summed E-state index contributed by atoms with van der Waals surface area (Å²) in [5, 5.41) is -1.09. The van der Waals surface area contributed by atoms with Crippen LogP contribution in [0.2, 0.25) is 0 Å². The molecular formula is C15H31FNOP. The molecule has 2 nitrogen and oxygen atoms in total. The summed E-state index contributed by atoms with van der Waals surface area (Å²) in [6, 6.07) is 0. The quantitative estimate of drug-likeness (QED) is 0.716. The van der Waals surface area contributed by atoms with Crippen molar-refractivity contribution >= 4 is 9.24 Å². The average Bonchev–Trinajstić information content (AvgIpc) is 3.03. The number of hydrogen-bond acceptors (Lipinski definition) is 2. The zero-order chi connectivity index (χ0) is 14.7. The summed E-state index contributed by atoms with van der Waals surface area (Å²) in [5.74, 6) is 0.120. The summed E-state index contributed by atoms with van der Waals surface area (Å²) in [5.41, 5.74) is 0.328. The fourth-order valence-electron chi connectivity index (χ4n) is 2.57. The molecule has 0 amide bonds. The molecule has 2 rings (SSSR count). The summed E-state index contributed by atoms with van der Waals surface area (Å²) in [6.07, 6.45) is 2.77. The second-order valence-electron chi connectivity index (χ2n) is 6.36. The van der Waals surface area contributed by atoms with Crippen molar-refractivity contribution in [3.8, 4) is 0 Å². The topological polar surface area (TPSA) is 12.5 Å². The summed E-state index contributed by atoms with van der Waals surface area (Å²) >= 11 is 0. The van der Waals surface area contributed by atoms with Crippen molar-refractivity contribution in [3.63, 3.8) is 0 Å². The van der Waals surface area contributed by atoms with Gasteiger partial charge >= 0.3 is 0 Å². The predicted molar refractivity (Wildman–Crippen MR) is 83.3 cm³/mol. The van der Waals surface area contributed by atoms with E-state index >= 15 is 0 Å². The molecule has 0 aromatic heterocycles. The zero-order valence-corrected chi connectivity index (χ0v) is 14.4. The lowest BCUT2D eigenvalue weighted by Gasteiger charge is -2.24. The Bertz CT molecular complexity index is 279. The molecule has 1 saturated heterocycles. The van der Waals surface area contributed by atoms with Crippen LogP contribution < -0.4 is 0 Å². The van der Waals surface area contributed by atoms with Crippen LogP contribution >= 0.6 is 9.24 Å². The zero-order valence-electron chi connectivity index (χ0n) is 13.2. The van der Waals surface area contributed by atoms with E-state index in [9.17, 15) is 4.39 Å². The third-order valence-electron chi connectivity index (χ3n) is 4.06. The number of rotatable bonds is 5. The molecule has 114 valence electrons. The summed E-state index contributed by atoms with van der Waals surface area (Å²) in [4.78, 5) is 2.27. The van der Waals surface area contributed by atoms with E-state index in [0.29, 0.717) is 18.1 Å². The van der Waals surface area contributed by atoms with Gasteiger partial charge < -0.3 is 4.74 Å². The maximum absolute atomic E-state index is 14.1. The molecule has 1 aliphatic carbocycles. The lowest BCUT2D eigenvalue weighted by molar-refractivity contribution is 0.0326. The number of ether oxygens (including phenoxy) is 1. The van der Waals surface area contributed by atoms with Crippen LogP contribution in [-0.4, -0.2) is 42.7 Å². The normalized spacial score (nSPS) is 33.2. The molecule has 3 unspecified atom stereocenters. The van der Waals surface area contributed by atoms with Gasteiger partial charge in [-0.3, -0.25) is 4.90 Å². The van der Waals surface area contributed by atoms with Gasteiger partial charge in [0.05, 0.1) is 12.7 Å². The van der Waals surface area contributed by atoms with Gasteiger partial charge in [0.25, 0.3) is 0 Å². The predicted octanol–water partition coefficient (Wildman–Crippen LogP) is 3.71. The Morgan fingerprint density at radius 1 is 1.37 bits per heavy atom. The van der Waals surface area contributed by atoms with Gasteiger partial charge in [0.2, 0.25) is 0 Å². The molecule has 2 aliphatic rings. The summed E-state index contributed by atoms with van der Waals surface area (Å²) < 4.78 is 19.8. The van der Waals surface area contributed by atoms with Crippen molar-refractivity contribution in [1.29, 1.82) is 0 Å². The molecule has 0 bridgehead atoms. The minimum absolute atomic E-state index is 0.120. The molecule has 0 aromatic carbocycles. The highest BCUT2D eigenvalue weighted by atomic mass is 31.0. The Hall–Kier alpha value is 0.280. The van der Waals surface area contributed by atoms with Crippen molar-refractivity contribution in [2.75, 3.05) is 26.2 Å². The van der Waals surface area contributed by atoms with Crippen molar-refractivity contribution in [2.45, 2.75) is 59.0 Å². The molecule has 0 N–H and O–H groups in total. The molecule has 0 radical (unpaired) electrons. The Labute approximate surface area is 120 Å². The monoisotopic (exact) mass is 291 g/mol. The third kappa shape index (κ3) is 4.95. The van der Waals surface area contributed by atoms with E-state index in [1.54, 1.807) is 0 Å². The van der Waals surface area contributed by atoms with Crippen LogP contribution in [0.1, 0.15) is 47.5 Å². The highest BCUT2D eigenvalue weighted by molar-refractivity contribution is 7.18. The first-order chi connectivity index (χ1) is 8.83. The summed E-state index contributed by atoms with van der Waals surface area (Å²) in [7, 11) is 2.39. The van der Waals surface area contributed by atoms with Gasteiger partial charge in [0.15, 0.2) is 0 Å². The van der Waals surface area contributed by atoms with Crippen molar-refractivity contribution in [3.05, 3.63) is 0 Å². The highest BCUT2D eigenvalue weighted by Gasteiger charge is 2.48. The van der Waals surface area contributed by atoms with Crippen molar-refractivity contribution in [1.82, 2.24) is 4.90 Å². The molecule has 1 saturated carbocycles. The smallest absolute Gasteiger partial charge is 0.140 e. The van der Waals surface area contributed by atoms with Crippen LogP contribution in [0.4, 0.5) is 4.39 Å². The van der Waals surface area contributed by atoms with E-state index in [1.165, 1.54) is 12.8 Å². The molecule has 3 atom stereocenters. The van der Waals surface area contributed by atoms with E-state index in [-0.39, 0.29) is 5.92 Å².